The summed E-state index contributed by atoms with van der Waals surface area (Å²) in [6, 6.07) is 1.15. The normalized spacial score (nSPS) is 10.2. The molecule has 0 aliphatic rings. The number of halogens is 3. The smallest absolute Gasteiger partial charge is 0.162 e. The molecular formula is C9H7ClF2O. The number of carbonyl (C=O) groups excluding carboxylic acids is 1. The summed E-state index contributed by atoms with van der Waals surface area (Å²) in [7, 11) is 0. The molecule has 0 amide bonds. The molecule has 0 aliphatic heterocycles. The van der Waals surface area contributed by atoms with Crippen LogP contribution in [0.1, 0.15) is 22.8 Å². The second-order valence-corrected chi connectivity index (χ2v) is 3.12. The van der Waals surface area contributed by atoms with Gasteiger partial charge in [-0.2, -0.15) is 0 Å². The molecule has 0 fully saturated rings. The second kappa shape index (κ2) is 3.42. The Bertz CT molecular complexity index is 374. The molecule has 0 spiro atoms. The van der Waals surface area contributed by atoms with Gasteiger partial charge in [-0.05, 0) is 25.5 Å². The molecule has 0 radical (unpaired) electrons. The van der Waals surface area contributed by atoms with Crippen LogP contribution in [0.5, 0.6) is 0 Å². The predicted octanol–water partition coefficient (Wildman–Crippen LogP) is 3.13. The van der Waals surface area contributed by atoms with Gasteiger partial charge in [-0.3, -0.25) is 4.79 Å². The molecule has 0 unspecified atom stereocenters. The quantitative estimate of drug-likeness (QED) is 0.507. The van der Waals surface area contributed by atoms with Crippen LogP contribution in [0, 0.1) is 18.6 Å². The molecule has 0 heterocycles. The van der Waals surface area contributed by atoms with E-state index < -0.39 is 22.4 Å². The molecular weight excluding hydrogens is 198 g/mol. The van der Waals surface area contributed by atoms with Crippen molar-refractivity contribution in [2.45, 2.75) is 13.8 Å². The van der Waals surface area contributed by atoms with E-state index in [4.69, 9.17) is 11.6 Å². The lowest BCUT2D eigenvalue weighted by Gasteiger charge is -2.04. The first-order valence-electron chi connectivity index (χ1n) is 3.60. The van der Waals surface area contributed by atoms with E-state index in [2.05, 4.69) is 0 Å². The Morgan fingerprint density at radius 3 is 2.38 bits per heavy atom. The van der Waals surface area contributed by atoms with E-state index in [-0.39, 0.29) is 11.1 Å². The Hall–Kier alpha value is -0.960. The first-order valence-corrected chi connectivity index (χ1v) is 3.98. The lowest BCUT2D eigenvalue weighted by molar-refractivity contribution is 0.101. The van der Waals surface area contributed by atoms with Gasteiger partial charge < -0.3 is 0 Å². The molecule has 13 heavy (non-hydrogen) atoms. The summed E-state index contributed by atoms with van der Waals surface area (Å²) in [6.07, 6.45) is 0. The number of carbonyl (C=O) groups is 1. The summed E-state index contributed by atoms with van der Waals surface area (Å²) in [5.41, 5.74) is -0.0134. The molecule has 1 rings (SSSR count). The average molecular weight is 205 g/mol. The minimum Gasteiger partial charge on any atom is -0.294 e. The van der Waals surface area contributed by atoms with Crippen molar-refractivity contribution >= 4 is 17.4 Å². The van der Waals surface area contributed by atoms with Crippen LogP contribution in [0.4, 0.5) is 8.78 Å². The Balaban J connectivity index is 3.50. The van der Waals surface area contributed by atoms with Crippen molar-refractivity contribution < 1.29 is 13.6 Å². The van der Waals surface area contributed by atoms with Gasteiger partial charge in [0.1, 0.15) is 10.8 Å². The highest BCUT2D eigenvalue weighted by Gasteiger charge is 2.16. The number of aryl methyl sites for hydroxylation is 1. The largest absolute Gasteiger partial charge is 0.294 e. The van der Waals surface area contributed by atoms with E-state index in [0.717, 1.165) is 6.07 Å². The molecule has 0 saturated carbocycles. The summed E-state index contributed by atoms with van der Waals surface area (Å²) in [6.45, 7) is 2.62. The van der Waals surface area contributed by atoms with Crippen LogP contribution in [0.3, 0.4) is 0 Å². The minimum absolute atomic E-state index is 0.164. The van der Waals surface area contributed by atoms with Crippen molar-refractivity contribution in [1.82, 2.24) is 0 Å². The summed E-state index contributed by atoms with van der Waals surface area (Å²) in [4.78, 5) is 10.9. The Morgan fingerprint density at radius 1 is 1.38 bits per heavy atom. The molecule has 0 aliphatic carbocycles. The molecule has 0 saturated heterocycles. The highest BCUT2D eigenvalue weighted by atomic mass is 35.5. The van der Waals surface area contributed by atoms with Gasteiger partial charge >= 0.3 is 0 Å². The fourth-order valence-corrected chi connectivity index (χ4v) is 1.24. The number of rotatable bonds is 1. The molecule has 70 valence electrons. The van der Waals surface area contributed by atoms with Crippen LogP contribution < -0.4 is 0 Å². The molecule has 1 nitrogen and oxygen atoms in total. The summed E-state index contributed by atoms with van der Waals surface area (Å²) >= 11 is 5.33. The molecule has 0 aromatic heterocycles. The summed E-state index contributed by atoms with van der Waals surface area (Å²) in [5, 5.41) is -0.620. The Labute approximate surface area is 79.3 Å². The maximum Gasteiger partial charge on any atom is 0.162 e. The summed E-state index contributed by atoms with van der Waals surface area (Å²) in [5.74, 6) is -2.27. The number of benzene rings is 1. The predicted molar refractivity (Wildman–Crippen MR) is 46.1 cm³/mol. The van der Waals surface area contributed by atoms with Gasteiger partial charge in [0.05, 0.1) is 5.56 Å². The maximum atomic E-state index is 13.1. The van der Waals surface area contributed by atoms with Crippen molar-refractivity contribution in [2.75, 3.05) is 0 Å². The lowest BCUT2D eigenvalue weighted by atomic mass is 10.1. The molecule has 4 heteroatoms. The average Bonchev–Trinajstić information content (AvgIpc) is 2.07. The fourth-order valence-electron chi connectivity index (χ4n) is 0.987. The van der Waals surface area contributed by atoms with Crippen molar-refractivity contribution in [2.24, 2.45) is 0 Å². The number of Topliss-reactive ketones (excluding diaryl/α,β-unsaturated/α-hetero) is 1. The third-order valence-corrected chi connectivity index (χ3v) is 2.04. The SMILES string of the molecule is CC(=O)c1cc(C)c(F)c(Cl)c1F. The van der Waals surface area contributed by atoms with Gasteiger partial charge in [-0.1, -0.05) is 11.6 Å². The van der Waals surface area contributed by atoms with Gasteiger partial charge in [-0.25, -0.2) is 8.78 Å². The monoisotopic (exact) mass is 204 g/mol. The van der Waals surface area contributed by atoms with Crippen molar-refractivity contribution in [1.29, 1.82) is 0 Å². The Kier molecular flexibility index (Phi) is 2.66. The zero-order chi connectivity index (χ0) is 10.2. The van der Waals surface area contributed by atoms with Crippen LogP contribution in [-0.2, 0) is 0 Å². The maximum absolute atomic E-state index is 13.1. The van der Waals surface area contributed by atoms with E-state index >= 15 is 0 Å². The molecule has 1 aromatic rings. The van der Waals surface area contributed by atoms with Crippen molar-refractivity contribution in [3.8, 4) is 0 Å². The zero-order valence-corrected chi connectivity index (χ0v) is 7.88. The summed E-state index contributed by atoms with van der Waals surface area (Å²) < 4.78 is 26.1. The fraction of sp³-hybridized carbons (Fsp3) is 0.222. The number of ketones is 1. The van der Waals surface area contributed by atoms with Crippen molar-refractivity contribution in [3.63, 3.8) is 0 Å². The molecule has 0 bridgehead atoms. The number of hydrogen-bond donors (Lipinski definition) is 0. The second-order valence-electron chi connectivity index (χ2n) is 2.74. The van der Waals surface area contributed by atoms with Gasteiger partial charge in [0.15, 0.2) is 11.6 Å². The standard InChI is InChI=1S/C9H7ClF2O/c1-4-3-6(5(2)13)9(12)7(10)8(4)11/h3H,1-2H3. The molecule has 0 atom stereocenters. The third-order valence-electron chi connectivity index (χ3n) is 1.71. The highest BCUT2D eigenvalue weighted by Crippen LogP contribution is 2.25. The third kappa shape index (κ3) is 1.70. The first kappa shape index (κ1) is 10.1. The van der Waals surface area contributed by atoms with Gasteiger partial charge in [0, 0.05) is 0 Å². The van der Waals surface area contributed by atoms with E-state index in [1.165, 1.54) is 13.8 Å². The lowest BCUT2D eigenvalue weighted by Crippen LogP contribution is -2.01. The van der Waals surface area contributed by atoms with Gasteiger partial charge in [0.2, 0.25) is 0 Å². The molecule has 1 aromatic carbocycles. The first-order chi connectivity index (χ1) is 5.95. The Morgan fingerprint density at radius 2 is 1.92 bits per heavy atom. The van der Waals surface area contributed by atoms with Crippen LogP contribution in [0.25, 0.3) is 0 Å². The van der Waals surface area contributed by atoms with Crippen LogP contribution >= 0.6 is 11.6 Å². The van der Waals surface area contributed by atoms with Gasteiger partial charge in [-0.15, -0.1) is 0 Å². The highest BCUT2D eigenvalue weighted by molar-refractivity contribution is 6.31. The van der Waals surface area contributed by atoms with Crippen LogP contribution in [0.15, 0.2) is 6.07 Å². The van der Waals surface area contributed by atoms with Gasteiger partial charge in [0.25, 0.3) is 0 Å². The molecule has 0 N–H and O–H groups in total. The van der Waals surface area contributed by atoms with Crippen LogP contribution in [-0.4, -0.2) is 5.78 Å². The number of hydrogen-bond acceptors (Lipinski definition) is 1. The van der Waals surface area contributed by atoms with E-state index in [1.807, 2.05) is 0 Å². The van der Waals surface area contributed by atoms with Crippen molar-refractivity contribution in [3.05, 3.63) is 33.9 Å². The zero-order valence-electron chi connectivity index (χ0n) is 7.12. The topological polar surface area (TPSA) is 17.1 Å². The van der Waals surface area contributed by atoms with Crippen LogP contribution in [0.2, 0.25) is 5.02 Å². The van der Waals surface area contributed by atoms with E-state index in [0.29, 0.717) is 0 Å². The van der Waals surface area contributed by atoms with E-state index in [1.54, 1.807) is 0 Å². The van der Waals surface area contributed by atoms with E-state index in [9.17, 15) is 13.6 Å². The minimum atomic E-state index is -0.989.